The molecule has 0 saturated heterocycles. The molecule has 0 unspecified atom stereocenters. The van der Waals surface area contributed by atoms with Gasteiger partial charge in [-0.15, -0.1) is 11.8 Å². The second-order valence-corrected chi connectivity index (χ2v) is 3.82. The fourth-order valence-corrected chi connectivity index (χ4v) is 1.24. The number of aryl methyl sites for hydroxylation is 1. The van der Waals surface area contributed by atoms with E-state index in [-0.39, 0.29) is 0 Å². The summed E-state index contributed by atoms with van der Waals surface area (Å²) >= 11 is 0. The predicted octanol–water partition coefficient (Wildman–Crippen LogP) is 1.79. The van der Waals surface area contributed by atoms with E-state index in [0.717, 1.165) is 19.5 Å². The van der Waals surface area contributed by atoms with Crippen molar-refractivity contribution < 1.29 is 0 Å². The van der Waals surface area contributed by atoms with Crippen molar-refractivity contribution in [3.8, 4) is 11.8 Å². The standard InChI is InChI=1S/C12H19N3/c1-4-5-6-7-15-10-12(9-14-15)8-13-11(2)3/h9-11,13H,6-8H2,1-3H3. The summed E-state index contributed by atoms with van der Waals surface area (Å²) in [4.78, 5) is 0. The molecule has 1 aromatic rings. The van der Waals surface area contributed by atoms with Crippen molar-refractivity contribution in [2.75, 3.05) is 0 Å². The first-order chi connectivity index (χ1) is 7.22. The van der Waals surface area contributed by atoms with Gasteiger partial charge in [-0.3, -0.25) is 4.68 Å². The van der Waals surface area contributed by atoms with Gasteiger partial charge in [-0.1, -0.05) is 13.8 Å². The lowest BCUT2D eigenvalue weighted by Crippen LogP contribution is -2.21. The van der Waals surface area contributed by atoms with Crippen molar-refractivity contribution in [1.29, 1.82) is 0 Å². The van der Waals surface area contributed by atoms with E-state index in [4.69, 9.17) is 0 Å². The van der Waals surface area contributed by atoms with Crippen LogP contribution in [0.1, 0.15) is 32.8 Å². The SMILES string of the molecule is CC#CCCn1cc(CNC(C)C)cn1. The molecule has 0 aromatic carbocycles. The summed E-state index contributed by atoms with van der Waals surface area (Å²) < 4.78 is 1.95. The first-order valence-electron chi connectivity index (χ1n) is 5.36. The lowest BCUT2D eigenvalue weighted by Gasteiger charge is -2.04. The van der Waals surface area contributed by atoms with E-state index in [0.29, 0.717) is 6.04 Å². The van der Waals surface area contributed by atoms with Gasteiger partial charge in [-0.25, -0.2) is 0 Å². The maximum absolute atomic E-state index is 4.27. The zero-order chi connectivity index (χ0) is 11.1. The Hall–Kier alpha value is -1.27. The highest BCUT2D eigenvalue weighted by atomic mass is 15.3. The van der Waals surface area contributed by atoms with Gasteiger partial charge in [0, 0.05) is 30.8 Å². The molecule has 3 nitrogen and oxygen atoms in total. The van der Waals surface area contributed by atoms with Gasteiger partial charge >= 0.3 is 0 Å². The number of hydrogen-bond donors (Lipinski definition) is 1. The van der Waals surface area contributed by atoms with Crippen LogP contribution in [0.5, 0.6) is 0 Å². The van der Waals surface area contributed by atoms with Crippen molar-refractivity contribution >= 4 is 0 Å². The highest BCUT2D eigenvalue weighted by Gasteiger charge is 1.98. The number of rotatable bonds is 5. The smallest absolute Gasteiger partial charge is 0.0534 e. The normalized spacial score (nSPS) is 10.1. The highest BCUT2D eigenvalue weighted by molar-refractivity contribution is 5.04. The molecule has 15 heavy (non-hydrogen) atoms. The Balaban J connectivity index is 2.37. The summed E-state index contributed by atoms with van der Waals surface area (Å²) in [6.45, 7) is 7.91. The van der Waals surface area contributed by atoms with Gasteiger partial charge in [0.1, 0.15) is 0 Å². The number of aromatic nitrogens is 2. The van der Waals surface area contributed by atoms with Crippen LogP contribution >= 0.6 is 0 Å². The van der Waals surface area contributed by atoms with Crippen LogP contribution in [0.2, 0.25) is 0 Å². The molecular weight excluding hydrogens is 186 g/mol. The van der Waals surface area contributed by atoms with Crippen LogP contribution in [0.25, 0.3) is 0 Å². The van der Waals surface area contributed by atoms with Gasteiger partial charge in [-0.05, 0) is 6.92 Å². The average Bonchev–Trinajstić information content (AvgIpc) is 2.63. The Morgan fingerprint density at radius 1 is 1.53 bits per heavy atom. The highest BCUT2D eigenvalue weighted by Crippen LogP contribution is 1.98. The molecule has 0 aliphatic heterocycles. The number of nitrogens with one attached hydrogen (secondary N) is 1. The summed E-state index contributed by atoms with van der Waals surface area (Å²) in [6, 6.07) is 0.513. The molecule has 1 N–H and O–H groups in total. The zero-order valence-corrected chi connectivity index (χ0v) is 9.75. The van der Waals surface area contributed by atoms with E-state index in [9.17, 15) is 0 Å². The molecule has 0 fully saturated rings. The van der Waals surface area contributed by atoms with Crippen LogP contribution in [0.3, 0.4) is 0 Å². The van der Waals surface area contributed by atoms with Crippen LogP contribution < -0.4 is 5.32 Å². The van der Waals surface area contributed by atoms with Gasteiger partial charge in [0.05, 0.1) is 12.7 Å². The van der Waals surface area contributed by atoms with Crippen LogP contribution in [0.4, 0.5) is 0 Å². The van der Waals surface area contributed by atoms with E-state index in [1.807, 2.05) is 17.8 Å². The molecule has 1 rings (SSSR count). The van der Waals surface area contributed by atoms with Crippen molar-refractivity contribution in [1.82, 2.24) is 15.1 Å². The average molecular weight is 205 g/mol. The van der Waals surface area contributed by atoms with Gasteiger partial charge in [0.2, 0.25) is 0 Å². The minimum absolute atomic E-state index is 0.513. The largest absolute Gasteiger partial charge is 0.310 e. The molecule has 3 heteroatoms. The second kappa shape index (κ2) is 6.26. The molecule has 82 valence electrons. The molecular formula is C12H19N3. The summed E-state index contributed by atoms with van der Waals surface area (Å²) in [6.07, 6.45) is 4.86. The van der Waals surface area contributed by atoms with Crippen molar-refractivity contribution in [2.24, 2.45) is 0 Å². The number of hydrogen-bond acceptors (Lipinski definition) is 2. The first kappa shape index (κ1) is 11.8. The molecule has 0 aliphatic carbocycles. The van der Waals surface area contributed by atoms with Crippen molar-refractivity contribution in [2.45, 2.75) is 46.3 Å². The van der Waals surface area contributed by atoms with Crippen molar-refractivity contribution in [3.63, 3.8) is 0 Å². The Labute approximate surface area is 91.9 Å². The Morgan fingerprint density at radius 3 is 3.00 bits per heavy atom. The van der Waals surface area contributed by atoms with Crippen LogP contribution in [-0.4, -0.2) is 15.8 Å². The lowest BCUT2D eigenvalue weighted by molar-refractivity contribution is 0.587. The summed E-state index contributed by atoms with van der Waals surface area (Å²) in [5.74, 6) is 5.91. The maximum Gasteiger partial charge on any atom is 0.0534 e. The fourth-order valence-electron chi connectivity index (χ4n) is 1.24. The van der Waals surface area contributed by atoms with Gasteiger partial charge in [0.25, 0.3) is 0 Å². The van der Waals surface area contributed by atoms with Gasteiger partial charge in [0.15, 0.2) is 0 Å². The van der Waals surface area contributed by atoms with Gasteiger partial charge in [-0.2, -0.15) is 5.10 Å². The summed E-state index contributed by atoms with van der Waals surface area (Å²) in [5.41, 5.74) is 1.23. The Morgan fingerprint density at radius 2 is 2.33 bits per heavy atom. The molecule has 0 saturated carbocycles. The van der Waals surface area contributed by atoms with Crippen LogP contribution in [0, 0.1) is 11.8 Å². The maximum atomic E-state index is 4.27. The predicted molar refractivity (Wildman–Crippen MR) is 62.3 cm³/mol. The second-order valence-electron chi connectivity index (χ2n) is 3.82. The van der Waals surface area contributed by atoms with E-state index in [2.05, 4.69) is 42.3 Å². The molecule has 1 heterocycles. The third-order valence-electron chi connectivity index (χ3n) is 2.04. The minimum atomic E-state index is 0.513. The Bertz CT molecular complexity index is 341. The number of nitrogens with zero attached hydrogens (tertiary/aromatic N) is 2. The molecule has 0 bridgehead atoms. The molecule has 0 radical (unpaired) electrons. The van der Waals surface area contributed by atoms with Crippen LogP contribution in [0.15, 0.2) is 12.4 Å². The molecule has 0 atom stereocenters. The topological polar surface area (TPSA) is 29.9 Å². The Kier molecular flexibility index (Phi) is 4.92. The van der Waals surface area contributed by atoms with Crippen molar-refractivity contribution in [3.05, 3.63) is 18.0 Å². The monoisotopic (exact) mass is 205 g/mol. The summed E-state index contributed by atoms with van der Waals surface area (Å²) in [5, 5.41) is 7.64. The third-order valence-corrected chi connectivity index (χ3v) is 2.04. The molecule has 1 aromatic heterocycles. The van der Waals surface area contributed by atoms with E-state index < -0.39 is 0 Å². The minimum Gasteiger partial charge on any atom is -0.310 e. The molecule has 0 amide bonds. The van der Waals surface area contributed by atoms with E-state index in [1.54, 1.807) is 0 Å². The molecule has 0 spiro atoms. The molecule has 0 aliphatic rings. The zero-order valence-electron chi connectivity index (χ0n) is 9.75. The fraction of sp³-hybridized carbons (Fsp3) is 0.583. The summed E-state index contributed by atoms with van der Waals surface area (Å²) in [7, 11) is 0. The van der Waals surface area contributed by atoms with Crippen LogP contribution in [-0.2, 0) is 13.1 Å². The van der Waals surface area contributed by atoms with E-state index >= 15 is 0 Å². The lowest BCUT2D eigenvalue weighted by atomic mass is 10.3. The third kappa shape index (κ3) is 4.66. The first-order valence-corrected chi connectivity index (χ1v) is 5.36. The van der Waals surface area contributed by atoms with Gasteiger partial charge < -0.3 is 5.32 Å². The van der Waals surface area contributed by atoms with E-state index in [1.165, 1.54) is 5.56 Å². The quantitative estimate of drug-likeness (QED) is 0.743.